The summed E-state index contributed by atoms with van der Waals surface area (Å²) in [5, 5.41) is 6.35. The van der Waals surface area contributed by atoms with Crippen molar-refractivity contribution < 1.29 is 4.79 Å². The minimum Gasteiger partial charge on any atom is -0.325 e. The first-order chi connectivity index (χ1) is 9.99. The zero-order valence-electron chi connectivity index (χ0n) is 13.9. The molecule has 4 nitrogen and oxygen atoms in total. The number of carbonyl (C=O) groups is 1. The number of hydrogen-bond acceptors (Lipinski definition) is 2. The van der Waals surface area contributed by atoms with Gasteiger partial charge in [0, 0.05) is 24.8 Å². The Balaban J connectivity index is 2.70. The molecule has 0 bridgehead atoms. The summed E-state index contributed by atoms with van der Waals surface area (Å²) < 4.78 is 0. The summed E-state index contributed by atoms with van der Waals surface area (Å²) in [6.07, 6.45) is 2.09. The van der Waals surface area contributed by atoms with E-state index in [1.165, 1.54) is 5.56 Å². The lowest BCUT2D eigenvalue weighted by atomic mass is 10.1. The SMILES string of the molecule is CCCC(C)N(C)C(=O)Nc1cccc(C(C)NCC)c1. The van der Waals surface area contributed by atoms with Crippen LogP contribution in [0, 0.1) is 0 Å². The van der Waals surface area contributed by atoms with E-state index in [-0.39, 0.29) is 18.1 Å². The number of anilines is 1. The first-order valence-electron chi connectivity index (χ1n) is 7.86. The van der Waals surface area contributed by atoms with E-state index < -0.39 is 0 Å². The lowest BCUT2D eigenvalue weighted by Gasteiger charge is -2.25. The fourth-order valence-electron chi connectivity index (χ4n) is 2.33. The third kappa shape index (κ3) is 5.38. The van der Waals surface area contributed by atoms with E-state index in [0.29, 0.717) is 0 Å². The Bertz CT molecular complexity index is 447. The van der Waals surface area contributed by atoms with Crippen LogP contribution in [0.1, 0.15) is 52.1 Å². The zero-order chi connectivity index (χ0) is 15.8. The van der Waals surface area contributed by atoms with E-state index in [4.69, 9.17) is 0 Å². The van der Waals surface area contributed by atoms with Gasteiger partial charge in [0.25, 0.3) is 0 Å². The van der Waals surface area contributed by atoms with E-state index in [2.05, 4.69) is 44.4 Å². The predicted molar refractivity (Wildman–Crippen MR) is 89.7 cm³/mol. The molecule has 0 aromatic heterocycles. The number of hydrogen-bond donors (Lipinski definition) is 2. The van der Waals surface area contributed by atoms with Crippen LogP contribution in [0.4, 0.5) is 10.5 Å². The second kappa shape index (κ2) is 8.67. The van der Waals surface area contributed by atoms with Crippen LogP contribution in [0.15, 0.2) is 24.3 Å². The number of nitrogens with one attached hydrogen (secondary N) is 2. The highest BCUT2D eigenvalue weighted by molar-refractivity contribution is 5.89. The molecule has 0 aliphatic rings. The van der Waals surface area contributed by atoms with Gasteiger partial charge in [0.1, 0.15) is 0 Å². The molecule has 2 N–H and O–H groups in total. The molecule has 4 heteroatoms. The molecule has 1 aromatic carbocycles. The summed E-state index contributed by atoms with van der Waals surface area (Å²) in [6, 6.07) is 8.49. The quantitative estimate of drug-likeness (QED) is 0.797. The van der Waals surface area contributed by atoms with Gasteiger partial charge in [-0.2, -0.15) is 0 Å². The lowest BCUT2D eigenvalue weighted by Crippen LogP contribution is -2.38. The molecule has 0 aliphatic heterocycles. The van der Waals surface area contributed by atoms with Crippen molar-refractivity contribution in [3.8, 4) is 0 Å². The molecule has 2 amide bonds. The highest BCUT2D eigenvalue weighted by atomic mass is 16.2. The van der Waals surface area contributed by atoms with Crippen LogP contribution in [0.3, 0.4) is 0 Å². The summed E-state index contributed by atoms with van der Waals surface area (Å²) in [4.78, 5) is 14.0. The van der Waals surface area contributed by atoms with Crippen LogP contribution in [0.5, 0.6) is 0 Å². The lowest BCUT2D eigenvalue weighted by molar-refractivity contribution is 0.205. The van der Waals surface area contributed by atoms with Crippen molar-refractivity contribution >= 4 is 11.7 Å². The first-order valence-corrected chi connectivity index (χ1v) is 7.86. The summed E-state index contributed by atoms with van der Waals surface area (Å²) in [7, 11) is 1.85. The Morgan fingerprint density at radius 2 is 2.00 bits per heavy atom. The molecule has 0 saturated carbocycles. The van der Waals surface area contributed by atoms with Crippen LogP contribution in [0.25, 0.3) is 0 Å². The number of rotatable bonds is 7. The Labute approximate surface area is 128 Å². The van der Waals surface area contributed by atoms with E-state index >= 15 is 0 Å². The van der Waals surface area contributed by atoms with E-state index in [1.54, 1.807) is 4.90 Å². The fourth-order valence-corrected chi connectivity index (χ4v) is 2.33. The Kier molecular flexibility index (Phi) is 7.23. The summed E-state index contributed by atoms with van der Waals surface area (Å²) in [5.74, 6) is 0. The van der Waals surface area contributed by atoms with Crippen molar-refractivity contribution in [2.75, 3.05) is 18.9 Å². The van der Waals surface area contributed by atoms with Gasteiger partial charge in [0.15, 0.2) is 0 Å². The van der Waals surface area contributed by atoms with Crippen LogP contribution < -0.4 is 10.6 Å². The highest BCUT2D eigenvalue weighted by Crippen LogP contribution is 2.18. The van der Waals surface area contributed by atoms with Crippen molar-refractivity contribution in [2.24, 2.45) is 0 Å². The molecule has 118 valence electrons. The molecule has 2 atom stereocenters. The van der Waals surface area contributed by atoms with Gasteiger partial charge in [-0.3, -0.25) is 0 Å². The zero-order valence-corrected chi connectivity index (χ0v) is 13.9. The van der Waals surface area contributed by atoms with Gasteiger partial charge in [-0.15, -0.1) is 0 Å². The number of carbonyl (C=O) groups excluding carboxylic acids is 1. The van der Waals surface area contributed by atoms with E-state index in [9.17, 15) is 4.79 Å². The summed E-state index contributed by atoms with van der Waals surface area (Å²) >= 11 is 0. The van der Waals surface area contributed by atoms with Crippen LogP contribution in [-0.2, 0) is 0 Å². The average molecular weight is 291 g/mol. The topological polar surface area (TPSA) is 44.4 Å². The van der Waals surface area contributed by atoms with Gasteiger partial charge in [0.2, 0.25) is 0 Å². The number of nitrogens with zero attached hydrogens (tertiary/aromatic N) is 1. The van der Waals surface area contributed by atoms with Crippen molar-refractivity contribution in [2.45, 2.75) is 52.6 Å². The molecule has 0 saturated heterocycles. The number of urea groups is 1. The third-order valence-corrected chi connectivity index (χ3v) is 3.84. The Hall–Kier alpha value is -1.55. The summed E-state index contributed by atoms with van der Waals surface area (Å²) in [5.41, 5.74) is 2.02. The average Bonchev–Trinajstić information content (AvgIpc) is 2.47. The van der Waals surface area contributed by atoms with Crippen molar-refractivity contribution in [1.82, 2.24) is 10.2 Å². The highest BCUT2D eigenvalue weighted by Gasteiger charge is 2.15. The molecular formula is C17H29N3O. The molecular weight excluding hydrogens is 262 g/mol. The van der Waals surface area contributed by atoms with Gasteiger partial charge >= 0.3 is 6.03 Å². The van der Waals surface area contributed by atoms with Gasteiger partial charge in [-0.25, -0.2) is 4.79 Å². The van der Waals surface area contributed by atoms with Crippen LogP contribution in [-0.4, -0.2) is 30.6 Å². The van der Waals surface area contributed by atoms with Gasteiger partial charge < -0.3 is 15.5 Å². The second-order valence-electron chi connectivity index (χ2n) is 5.58. The molecule has 1 rings (SSSR count). The Morgan fingerprint density at radius 3 is 2.62 bits per heavy atom. The minimum atomic E-state index is -0.0517. The molecule has 0 heterocycles. The van der Waals surface area contributed by atoms with Crippen LogP contribution >= 0.6 is 0 Å². The van der Waals surface area contributed by atoms with Crippen molar-refractivity contribution in [3.05, 3.63) is 29.8 Å². The van der Waals surface area contributed by atoms with Crippen molar-refractivity contribution in [3.63, 3.8) is 0 Å². The molecule has 0 fully saturated rings. The monoisotopic (exact) mass is 291 g/mol. The minimum absolute atomic E-state index is 0.0517. The largest absolute Gasteiger partial charge is 0.325 e. The second-order valence-corrected chi connectivity index (χ2v) is 5.58. The predicted octanol–water partition coefficient (Wildman–Crippen LogP) is 4.01. The molecule has 2 unspecified atom stereocenters. The summed E-state index contributed by atoms with van der Waals surface area (Å²) in [6.45, 7) is 9.35. The van der Waals surface area contributed by atoms with Gasteiger partial charge in [-0.05, 0) is 44.5 Å². The smallest absolute Gasteiger partial charge is 0.321 e. The van der Waals surface area contributed by atoms with Crippen LogP contribution in [0.2, 0.25) is 0 Å². The standard InChI is InChI=1S/C17H29N3O/c1-6-9-13(3)20(5)17(21)19-16-11-8-10-15(12-16)14(4)18-7-2/h8,10-14,18H,6-7,9H2,1-5H3,(H,19,21). The van der Waals surface area contributed by atoms with Gasteiger partial charge in [-0.1, -0.05) is 32.4 Å². The van der Waals surface area contributed by atoms with Gasteiger partial charge in [0.05, 0.1) is 0 Å². The van der Waals surface area contributed by atoms with E-state index in [1.807, 2.05) is 25.2 Å². The molecule has 0 spiro atoms. The molecule has 21 heavy (non-hydrogen) atoms. The third-order valence-electron chi connectivity index (χ3n) is 3.84. The molecule has 0 aliphatic carbocycles. The number of benzene rings is 1. The Morgan fingerprint density at radius 1 is 1.29 bits per heavy atom. The van der Waals surface area contributed by atoms with E-state index in [0.717, 1.165) is 25.1 Å². The molecule has 0 radical (unpaired) electrons. The maximum atomic E-state index is 12.2. The molecule has 1 aromatic rings. The normalized spacial score (nSPS) is 13.6. The maximum Gasteiger partial charge on any atom is 0.321 e. The number of amides is 2. The fraction of sp³-hybridized carbons (Fsp3) is 0.588. The maximum absolute atomic E-state index is 12.2. The van der Waals surface area contributed by atoms with Crippen molar-refractivity contribution in [1.29, 1.82) is 0 Å². The first kappa shape index (κ1) is 17.5.